The van der Waals surface area contributed by atoms with Crippen molar-refractivity contribution in [3.8, 4) is 0 Å². The van der Waals surface area contributed by atoms with E-state index in [-0.39, 0.29) is 0 Å². The lowest BCUT2D eigenvalue weighted by molar-refractivity contribution is 1.55. The van der Waals surface area contributed by atoms with Crippen molar-refractivity contribution < 1.29 is 0 Å². The Morgan fingerprint density at radius 2 is 1.57 bits per heavy atom. The van der Waals surface area contributed by atoms with Crippen LogP contribution in [0.4, 0.5) is 0 Å². The largest absolute Gasteiger partial charge is 0.190 e. The number of hydrogen-bond donors (Lipinski definition) is 0. The molecular formula is C13H14S. The average Bonchev–Trinajstić information content (AvgIpc) is 2.15. The zero-order valence-electron chi connectivity index (χ0n) is 8.36. The molecule has 2 rings (SSSR count). The lowest BCUT2D eigenvalue weighted by Crippen LogP contribution is -1.81. The zero-order valence-corrected chi connectivity index (χ0v) is 9.18. The maximum Gasteiger partial charge on any atom is 0.00372 e. The van der Waals surface area contributed by atoms with Crippen LogP contribution in [0, 0.1) is 0 Å². The molecule has 0 amide bonds. The molecule has 0 atom stereocenters. The monoisotopic (exact) mass is 202 g/mol. The molecule has 0 aliphatic rings. The first-order valence-electron chi connectivity index (χ1n) is 4.51. The van der Waals surface area contributed by atoms with E-state index in [4.69, 9.17) is 0 Å². The van der Waals surface area contributed by atoms with E-state index in [0.29, 0.717) is 0 Å². The highest BCUT2D eigenvalue weighted by Crippen LogP contribution is 2.34. The van der Waals surface area contributed by atoms with Crippen molar-refractivity contribution in [1.82, 2.24) is 0 Å². The summed E-state index contributed by atoms with van der Waals surface area (Å²) in [6.07, 6.45) is 2.12. The van der Waals surface area contributed by atoms with Gasteiger partial charge in [-0.15, -0.1) is 0 Å². The Kier molecular flexibility index (Phi) is 2.12. The van der Waals surface area contributed by atoms with Crippen LogP contribution in [0.15, 0.2) is 47.4 Å². The summed E-state index contributed by atoms with van der Waals surface area (Å²) in [5.41, 5.74) is 0. The molecule has 0 aromatic heterocycles. The normalized spacial score (nSPS) is 11.8. The maximum absolute atomic E-state index is 4.16. The Labute approximate surface area is 85.7 Å². The third kappa shape index (κ3) is 1.55. The van der Waals surface area contributed by atoms with Gasteiger partial charge in [-0.2, -0.15) is 9.21 Å². The molecule has 0 radical (unpaired) electrons. The van der Waals surface area contributed by atoms with Crippen molar-refractivity contribution in [2.45, 2.75) is 4.90 Å². The van der Waals surface area contributed by atoms with Crippen LogP contribution in [0.2, 0.25) is 0 Å². The van der Waals surface area contributed by atoms with Gasteiger partial charge in [0.1, 0.15) is 0 Å². The van der Waals surface area contributed by atoms with Crippen LogP contribution in [0.3, 0.4) is 0 Å². The van der Waals surface area contributed by atoms with Gasteiger partial charge in [-0.25, -0.2) is 0 Å². The molecule has 2 aromatic rings. The van der Waals surface area contributed by atoms with Crippen LogP contribution < -0.4 is 0 Å². The summed E-state index contributed by atoms with van der Waals surface area (Å²) in [5, 5.41) is 2.56. The third-order valence-corrected chi connectivity index (χ3v) is 3.70. The second kappa shape index (κ2) is 3.18. The van der Waals surface area contributed by atoms with Gasteiger partial charge in [0.05, 0.1) is 0 Å². The topological polar surface area (TPSA) is 0 Å². The number of fused-ring (bicyclic) bond motifs is 1. The van der Waals surface area contributed by atoms with Gasteiger partial charge in [-0.05, 0) is 23.1 Å². The van der Waals surface area contributed by atoms with Crippen molar-refractivity contribution >= 4 is 31.7 Å². The first-order chi connectivity index (χ1) is 6.59. The quantitative estimate of drug-likeness (QED) is 0.621. The second-order valence-corrected chi connectivity index (χ2v) is 6.74. The molecule has 0 saturated heterocycles. The fraction of sp³-hybridized carbons (Fsp3) is 0.0769. The first kappa shape index (κ1) is 9.35. The predicted molar refractivity (Wildman–Crippen MR) is 70.0 cm³/mol. The Hall–Kier alpha value is -1.21. The van der Waals surface area contributed by atoms with Gasteiger partial charge in [0.25, 0.3) is 0 Å². The SMILES string of the molecule is C=S(=C)(C)c1cccc2ccccc12. The Balaban J connectivity index is 2.92. The van der Waals surface area contributed by atoms with Crippen LogP contribution in [-0.4, -0.2) is 18.0 Å². The molecule has 72 valence electrons. The van der Waals surface area contributed by atoms with Gasteiger partial charge in [0, 0.05) is 4.90 Å². The molecule has 0 aliphatic heterocycles. The van der Waals surface area contributed by atoms with Crippen molar-refractivity contribution in [3.63, 3.8) is 0 Å². The average molecular weight is 202 g/mol. The van der Waals surface area contributed by atoms with E-state index in [9.17, 15) is 0 Å². The van der Waals surface area contributed by atoms with Crippen molar-refractivity contribution in [2.75, 3.05) is 6.26 Å². The summed E-state index contributed by atoms with van der Waals surface area (Å²) in [5.74, 6) is 8.33. The fourth-order valence-electron chi connectivity index (χ4n) is 1.63. The number of hydrogen-bond acceptors (Lipinski definition) is 0. The van der Waals surface area contributed by atoms with Crippen molar-refractivity contribution in [1.29, 1.82) is 0 Å². The lowest BCUT2D eigenvalue weighted by Gasteiger charge is -2.11. The van der Waals surface area contributed by atoms with E-state index in [1.165, 1.54) is 15.7 Å². The van der Waals surface area contributed by atoms with E-state index in [1.54, 1.807) is 0 Å². The number of rotatable bonds is 1. The smallest absolute Gasteiger partial charge is 0.00372 e. The molecule has 1 heteroatoms. The molecule has 0 bridgehead atoms. The molecule has 0 aliphatic carbocycles. The van der Waals surface area contributed by atoms with Crippen LogP contribution in [0.5, 0.6) is 0 Å². The molecule has 0 N–H and O–H groups in total. The molecular weight excluding hydrogens is 188 g/mol. The Morgan fingerprint density at radius 1 is 0.929 bits per heavy atom. The van der Waals surface area contributed by atoms with Gasteiger partial charge in [0.15, 0.2) is 0 Å². The molecule has 0 nitrogen and oxygen atoms in total. The summed E-state index contributed by atoms with van der Waals surface area (Å²) in [7, 11) is -1.13. The molecule has 0 saturated carbocycles. The summed E-state index contributed by atoms with van der Waals surface area (Å²) in [6, 6.07) is 14.7. The van der Waals surface area contributed by atoms with E-state index >= 15 is 0 Å². The highest BCUT2D eigenvalue weighted by atomic mass is 32.2. The van der Waals surface area contributed by atoms with Gasteiger partial charge in [-0.1, -0.05) is 48.1 Å². The third-order valence-electron chi connectivity index (χ3n) is 2.28. The van der Waals surface area contributed by atoms with E-state index in [2.05, 4.69) is 60.5 Å². The van der Waals surface area contributed by atoms with Crippen LogP contribution in [0.25, 0.3) is 10.8 Å². The van der Waals surface area contributed by atoms with Crippen molar-refractivity contribution in [3.05, 3.63) is 42.5 Å². The molecule has 14 heavy (non-hydrogen) atoms. The van der Waals surface area contributed by atoms with Crippen LogP contribution in [0.1, 0.15) is 0 Å². The Morgan fingerprint density at radius 3 is 2.29 bits per heavy atom. The Bertz CT molecular complexity index is 557. The first-order valence-corrected chi connectivity index (χ1v) is 6.89. The second-order valence-electron chi connectivity index (χ2n) is 3.75. The maximum atomic E-state index is 4.16. The summed E-state index contributed by atoms with van der Waals surface area (Å²) >= 11 is 0. The zero-order chi connectivity index (χ0) is 10.2. The molecule has 0 spiro atoms. The van der Waals surface area contributed by atoms with E-state index < -0.39 is 9.21 Å². The summed E-state index contributed by atoms with van der Waals surface area (Å²) in [4.78, 5) is 1.29. The van der Waals surface area contributed by atoms with Gasteiger partial charge in [0.2, 0.25) is 0 Å². The highest BCUT2D eigenvalue weighted by Gasteiger charge is 2.00. The minimum atomic E-state index is -1.13. The standard InChI is InChI=1S/C13H14S/c1-14(2,3)13-10-6-8-11-7-4-5-9-12(11)13/h4-10H,1-2H2,3H3. The lowest BCUT2D eigenvalue weighted by atomic mass is 10.1. The highest BCUT2D eigenvalue weighted by molar-refractivity contribution is 8.27. The van der Waals surface area contributed by atoms with Gasteiger partial charge in [-0.3, -0.25) is 0 Å². The minimum Gasteiger partial charge on any atom is -0.190 e. The van der Waals surface area contributed by atoms with Crippen LogP contribution in [-0.2, 0) is 0 Å². The summed E-state index contributed by atoms with van der Waals surface area (Å²) in [6.45, 7) is 0. The predicted octanol–water partition coefficient (Wildman–Crippen LogP) is 3.50. The van der Waals surface area contributed by atoms with E-state index in [1.807, 2.05) is 0 Å². The molecule has 2 aromatic carbocycles. The van der Waals surface area contributed by atoms with Crippen molar-refractivity contribution in [2.24, 2.45) is 0 Å². The van der Waals surface area contributed by atoms with Gasteiger partial charge < -0.3 is 0 Å². The van der Waals surface area contributed by atoms with Crippen LogP contribution >= 0.6 is 9.21 Å². The molecule has 0 unspecified atom stereocenters. The van der Waals surface area contributed by atoms with Gasteiger partial charge >= 0.3 is 0 Å². The minimum absolute atomic E-state index is 1.13. The number of benzene rings is 2. The fourth-order valence-corrected chi connectivity index (χ4v) is 2.75. The summed E-state index contributed by atoms with van der Waals surface area (Å²) < 4.78 is 0. The molecule has 0 fully saturated rings. The van der Waals surface area contributed by atoms with E-state index in [0.717, 1.165) is 0 Å². The molecule has 0 heterocycles.